The maximum Gasteiger partial charge on any atom is 0.129 e. The molecule has 1 N–H and O–H groups in total. The van der Waals surface area contributed by atoms with E-state index in [1.54, 1.807) is 0 Å². The number of carbonyl (C=O) groups excluding carboxylic acids is 2. The Bertz CT molecular complexity index is 584. The molecule has 110 valence electrons. The van der Waals surface area contributed by atoms with Crippen LogP contribution in [-0.4, -0.2) is 25.2 Å². The summed E-state index contributed by atoms with van der Waals surface area (Å²) in [6.07, 6.45) is 6.35. The Balaban J connectivity index is 1.91. The molecule has 5 atom stereocenters. The third-order valence-corrected chi connectivity index (χ3v) is 6.15. The van der Waals surface area contributed by atoms with Crippen molar-refractivity contribution in [3.05, 3.63) is 35.4 Å². The predicted octanol–water partition coefficient (Wildman–Crippen LogP) is 2.20. The van der Waals surface area contributed by atoms with E-state index in [0.29, 0.717) is 5.92 Å². The number of benzene rings is 1. The van der Waals surface area contributed by atoms with Crippen LogP contribution in [-0.2, 0) is 15.0 Å². The monoisotopic (exact) mass is 283 g/mol. The Morgan fingerprint density at radius 3 is 2.81 bits per heavy atom. The van der Waals surface area contributed by atoms with Crippen LogP contribution >= 0.6 is 0 Å². The average molecular weight is 283 g/mol. The molecule has 3 heteroatoms. The topological polar surface area (TPSA) is 46.2 Å². The Hall–Kier alpha value is -1.48. The summed E-state index contributed by atoms with van der Waals surface area (Å²) in [5, 5.41) is 3.60. The van der Waals surface area contributed by atoms with Crippen LogP contribution in [0, 0.1) is 11.8 Å². The first-order chi connectivity index (χ1) is 10.3. The van der Waals surface area contributed by atoms with Gasteiger partial charge in [0.25, 0.3) is 0 Å². The predicted molar refractivity (Wildman–Crippen MR) is 80.2 cm³/mol. The number of aldehydes is 2. The zero-order chi connectivity index (χ0) is 14.4. The molecule has 1 saturated carbocycles. The smallest absolute Gasteiger partial charge is 0.129 e. The highest BCUT2D eigenvalue weighted by Crippen LogP contribution is 2.57. The minimum Gasteiger partial charge on any atom is -0.313 e. The molecule has 2 unspecified atom stereocenters. The van der Waals surface area contributed by atoms with Crippen molar-refractivity contribution in [1.29, 1.82) is 0 Å². The van der Waals surface area contributed by atoms with E-state index in [4.69, 9.17) is 0 Å². The molecule has 3 nitrogen and oxygen atoms in total. The van der Waals surface area contributed by atoms with E-state index in [-0.39, 0.29) is 23.3 Å². The Morgan fingerprint density at radius 2 is 2.00 bits per heavy atom. The van der Waals surface area contributed by atoms with E-state index >= 15 is 0 Å². The molecule has 1 aliphatic heterocycles. The van der Waals surface area contributed by atoms with Gasteiger partial charge in [0.1, 0.15) is 12.6 Å². The van der Waals surface area contributed by atoms with Crippen molar-refractivity contribution >= 4 is 12.6 Å². The molecule has 0 amide bonds. The quantitative estimate of drug-likeness (QED) is 0.846. The standard InChI is InChI=1S/C18H21NO2/c20-10-12-5-6-16-17-14(11-21)13-3-1-2-4-15(13)18(16,9-12)7-8-19-17/h1-4,10-12,14,16-17,19H,5-9H2/t12?,14?,16-,17+,18+/m0/s1. The van der Waals surface area contributed by atoms with Gasteiger partial charge in [0.05, 0.1) is 5.92 Å². The molecule has 1 saturated heterocycles. The van der Waals surface area contributed by atoms with Gasteiger partial charge in [-0.15, -0.1) is 0 Å². The molecule has 1 aromatic rings. The molecule has 0 radical (unpaired) electrons. The third-order valence-electron chi connectivity index (χ3n) is 6.15. The number of fused-ring (bicyclic) bond motifs is 1. The van der Waals surface area contributed by atoms with Crippen LogP contribution in [0.3, 0.4) is 0 Å². The summed E-state index contributed by atoms with van der Waals surface area (Å²) in [6, 6.07) is 8.67. The van der Waals surface area contributed by atoms with Gasteiger partial charge in [0, 0.05) is 17.4 Å². The van der Waals surface area contributed by atoms with Crippen molar-refractivity contribution in [1.82, 2.24) is 5.32 Å². The highest BCUT2D eigenvalue weighted by atomic mass is 16.1. The van der Waals surface area contributed by atoms with Crippen LogP contribution < -0.4 is 5.32 Å². The second-order valence-corrected chi connectivity index (χ2v) is 6.92. The second-order valence-electron chi connectivity index (χ2n) is 6.92. The molecular formula is C18H21NO2. The first-order valence-corrected chi connectivity index (χ1v) is 8.03. The van der Waals surface area contributed by atoms with Gasteiger partial charge < -0.3 is 14.9 Å². The molecular weight excluding hydrogens is 262 g/mol. The van der Waals surface area contributed by atoms with Gasteiger partial charge in [0.15, 0.2) is 0 Å². The fourth-order valence-corrected chi connectivity index (χ4v) is 5.34. The summed E-state index contributed by atoms with van der Waals surface area (Å²) >= 11 is 0. The van der Waals surface area contributed by atoms with Gasteiger partial charge in [-0.2, -0.15) is 0 Å². The molecule has 0 spiro atoms. The van der Waals surface area contributed by atoms with Crippen molar-refractivity contribution < 1.29 is 9.59 Å². The van der Waals surface area contributed by atoms with E-state index in [2.05, 4.69) is 23.5 Å². The Kier molecular flexibility index (Phi) is 3.00. The number of piperidine rings is 1. The van der Waals surface area contributed by atoms with E-state index in [0.717, 1.165) is 44.8 Å². The van der Waals surface area contributed by atoms with Gasteiger partial charge in [-0.3, -0.25) is 0 Å². The summed E-state index contributed by atoms with van der Waals surface area (Å²) in [6.45, 7) is 0.950. The highest BCUT2D eigenvalue weighted by Gasteiger charge is 2.56. The number of nitrogens with one attached hydrogen (secondary N) is 1. The van der Waals surface area contributed by atoms with E-state index in [1.165, 1.54) is 11.1 Å². The van der Waals surface area contributed by atoms with Crippen LogP contribution in [0.5, 0.6) is 0 Å². The van der Waals surface area contributed by atoms with Crippen molar-refractivity contribution in [2.45, 2.75) is 43.1 Å². The molecule has 1 heterocycles. The summed E-state index contributed by atoms with van der Waals surface area (Å²) in [7, 11) is 0. The molecule has 2 bridgehead atoms. The lowest BCUT2D eigenvalue weighted by atomic mass is 9.49. The fourth-order valence-electron chi connectivity index (χ4n) is 5.34. The number of carbonyl (C=O) groups is 2. The van der Waals surface area contributed by atoms with Gasteiger partial charge in [-0.1, -0.05) is 24.3 Å². The Labute approximate surface area is 125 Å². The normalized spacial score (nSPS) is 40.8. The molecule has 2 aliphatic carbocycles. The zero-order valence-corrected chi connectivity index (χ0v) is 12.1. The van der Waals surface area contributed by atoms with Gasteiger partial charge in [-0.05, 0) is 49.3 Å². The minimum atomic E-state index is -0.0348. The Morgan fingerprint density at radius 1 is 1.14 bits per heavy atom. The van der Waals surface area contributed by atoms with Crippen LogP contribution in [0.15, 0.2) is 24.3 Å². The molecule has 2 fully saturated rings. The van der Waals surface area contributed by atoms with Crippen LogP contribution in [0.2, 0.25) is 0 Å². The molecule has 4 rings (SSSR count). The summed E-state index contributed by atoms with van der Waals surface area (Å²) in [5.41, 5.74) is 2.64. The minimum absolute atomic E-state index is 0.0348. The maximum absolute atomic E-state index is 11.7. The van der Waals surface area contributed by atoms with Gasteiger partial charge in [-0.25, -0.2) is 0 Å². The molecule has 3 aliphatic rings. The van der Waals surface area contributed by atoms with Gasteiger partial charge >= 0.3 is 0 Å². The molecule has 21 heavy (non-hydrogen) atoms. The van der Waals surface area contributed by atoms with Crippen molar-refractivity contribution in [3.63, 3.8) is 0 Å². The van der Waals surface area contributed by atoms with E-state index < -0.39 is 0 Å². The molecule has 0 aromatic heterocycles. The van der Waals surface area contributed by atoms with E-state index in [1.807, 2.05) is 6.07 Å². The van der Waals surface area contributed by atoms with Crippen molar-refractivity contribution in [3.8, 4) is 0 Å². The van der Waals surface area contributed by atoms with Gasteiger partial charge in [0.2, 0.25) is 0 Å². The first-order valence-electron chi connectivity index (χ1n) is 8.03. The van der Waals surface area contributed by atoms with Crippen LogP contribution in [0.1, 0.15) is 42.7 Å². The largest absolute Gasteiger partial charge is 0.313 e. The molecule has 1 aromatic carbocycles. The summed E-state index contributed by atoms with van der Waals surface area (Å²) < 4.78 is 0. The SMILES string of the molecule is O=CC1CC[C@H]2[C@@H]3NCC[C@@]2(C1)c1ccccc1C3C=O. The van der Waals surface area contributed by atoms with Crippen molar-refractivity contribution in [2.24, 2.45) is 11.8 Å². The summed E-state index contributed by atoms with van der Waals surface area (Å²) in [4.78, 5) is 23.1. The zero-order valence-electron chi connectivity index (χ0n) is 12.1. The lowest BCUT2D eigenvalue weighted by molar-refractivity contribution is -0.116. The fraction of sp³-hybridized carbons (Fsp3) is 0.556. The lowest BCUT2D eigenvalue weighted by Gasteiger charge is -2.58. The van der Waals surface area contributed by atoms with Crippen LogP contribution in [0.4, 0.5) is 0 Å². The van der Waals surface area contributed by atoms with Crippen molar-refractivity contribution in [2.75, 3.05) is 6.54 Å². The number of rotatable bonds is 2. The maximum atomic E-state index is 11.7. The second kappa shape index (κ2) is 4.77. The lowest BCUT2D eigenvalue weighted by Crippen LogP contribution is -2.62. The highest BCUT2D eigenvalue weighted by molar-refractivity contribution is 5.68. The van der Waals surface area contributed by atoms with E-state index in [9.17, 15) is 9.59 Å². The number of hydrogen-bond acceptors (Lipinski definition) is 3. The van der Waals surface area contributed by atoms with Crippen LogP contribution in [0.25, 0.3) is 0 Å². The number of hydrogen-bond donors (Lipinski definition) is 1. The summed E-state index contributed by atoms with van der Waals surface area (Å²) in [5.74, 6) is 0.640. The first kappa shape index (κ1) is 13.2. The average Bonchev–Trinajstić information content (AvgIpc) is 2.54. The third kappa shape index (κ3) is 1.70.